The van der Waals surface area contributed by atoms with Crippen LogP contribution in [0.2, 0.25) is 0 Å². The molecule has 0 saturated heterocycles. The third-order valence-corrected chi connectivity index (χ3v) is 4.60. The van der Waals surface area contributed by atoms with Crippen LogP contribution < -0.4 is 15.4 Å². The van der Waals surface area contributed by atoms with Crippen LogP contribution in [-0.4, -0.2) is 25.1 Å². The van der Waals surface area contributed by atoms with Crippen molar-refractivity contribution in [3.8, 4) is 5.75 Å². The number of hydrogen-bond donors (Lipinski definition) is 2. The van der Waals surface area contributed by atoms with Crippen LogP contribution in [0.15, 0.2) is 18.2 Å². The first-order valence-corrected chi connectivity index (χ1v) is 8.81. The normalized spacial score (nSPS) is 17.9. The van der Waals surface area contributed by atoms with Crippen LogP contribution >= 0.6 is 0 Å². The van der Waals surface area contributed by atoms with Crippen molar-refractivity contribution in [2.24, 2.45) is 0 Å². The van der Waals surface area contributed by atoms with Gasteiger partial charge in [0.2, 0.25) is 5.91 Å². The van der Waals surface area contributed by atoms with Gasteiger partial charge >= 0.3 is 0 Å². The molecule has 0 aliphatic heterocycles. The molecule has 0 unspecified atom stereocenters. The molecule has 1 saturated carbocycles. The van der Waals surface area contributed by atoms with Gasteiger partial charge in [0.25, 0.3) is 0 Å². The minimum Gasteiger partial charge on any atom is -0.495 e. The molecule has 1 aromatic carbocycles. The first kappa shape index (κ1) is 17.8. The van der Waals surface area contributed by atoms with E-state index in [4.69, 9.17) is 4.74 Å². The van der Waals surface area contributed by atoms with Crippen molar-refractivity contribution in [3.63, 3.8) is 0 Å². The molecule has 2 rings (SSSR count). The predicted molar refractivity (Wildman–Crippen MR) is 95.1 cm³/mol. The summed E-state index contributed by atoms with van der Waals surface area (Å²) in [6.45, 7) is 3.95. The molecule has 0 bridgehead atoms. The van der Waals surface area contributed by atoms with Gasteiger partial charge in [0, 0.05) is 6.04 Å². The third kappa shape index (κ3) is 5.54. The maximum Gasteiger partial charge on any atom is 0.241 e. The van der Waals surface area contributed by atoms with Gasteiger partial charge < -0.3 is 15.4 Å². The summed E-state index contributed by atoms with van der Waals surface area (Å²) in [5, 5.41) is 6.50. The Morgan fingerprint density at radius 3 is 2.48 bits per heavy atom. The second-order valence-electron chi connectivity index (χ2n) is 6.62. The van der Waals surface area contributed by atoms with Gasteiger partial charge in [0.05, 0.1) is 18.8 Å². The second-order valence-corrected chi connectivity index (χ2v) is 6.62. The fourth-order valence-electron chi connectivity index (χ4n) is 3.21. The van der Waals surface area contributed by atoms with E-state index in [0.717, 1.165) is 11.3 Å². The number of anilines is 1. The number of carbonyl (C=O) groups excluding carboxylic acids is 1. The summed E-state index contributed by atoms with van der Waals surface area (Å²) in [5.74, 6) is 0.693. The Morgan fingerprint density at radius 2 is 1.83 bits per heavy atom. The van der Waals surface area contributed by atoms with Crippen LogP contribution in [0.25, 0.3) is 0 Å². The van der Waals surface area contributed by atoms with Crippen LogP contribution in [0.1, 0.15) is 57.4 Å². The topological polar surface area (TPSA) is 50.4 Å². The SMILES string of the molecule is COc1ccc(C)cc1NC(=O)[C@@H](C)NC1CCCCCCC1. The number of methoxy groups -OCH3 is 1. The molecule has 2 N–H and O–H groups in total. The van der Waals surface area contributed by atoms with Crippen molar-refractivity contribution in [2.45, 2.75) is 70.9 Å². The fraction of sp³-hybridized carbons (Fsp3) is 0.632. The zero-order valence-electron chi connectivity index (χ0n) is 14.7. The molecule has 0 heterocycles. The number of ether oxygens (including phenoxy) is 1. The first-order valence-electron chi connectivity index (χ1n) is 8.81. The molecular formula is C19H30N2O2. The van der Waals surface area contributed by atoms with Gasteiger partial charge in [-0.2, -0.15) is 0 Å². The largest absolute Gasteiger partial charge is 0.495 e. The van der Waals surface area contributed by atoms with Crippen LogP contribution in [0, 0.1) is 6.92 Å². The van der Waals surface area contributed by atoms with E-state index in [2.05, 4.69) is 10.6 Å². The molecule has 1 amide bonds. The number of benzene rings is 1. The quantitative estimate of drug-likeness (QED) is 0.861. The van der Waals surface area contributed by atoms with Crippen LogP contribution in [0.5, 0.6) is 5.75 Å². The Labute approximate surface area is 140 Å². The minimum atomic E-state index is -0.204. The zero-order valence-corrected chi connectivity index (χ0v) is 14.7. The van der Waals surface area contributed by atoms with E-state index in [1.165, 1.54) is 44.9 Å². The maximum absolute atomic E-state index is 12.5. The molecule has 1 aliphatic rings. The highest BCUT2D eigenvalue weighted by atomic mass is 16.5. The molecule has 23 heavy (non-hydrogen) atoms. The van der Waals surface area contributed by atoms with Crippen LogP contribution in [0.4, 0.5) is 5.69 Å². The van der Waals surface area contributed by atoms with Crippen molar-refractivity contribution in [2.75, 3.05) is 12.4 Å². The van der Waals surface area contributed by atoms with Crippen molar-refractivity contribution in [1.82, 2.24) is 5.32 Å². The van der Waals surface area contributed by atoms with E-state index in [0.29, 0.717) is 11.8 Å². The molecule has 128 valence electrons. The molecule has 0 radical (unpaired) electrons. The summed E-state index contributed by atoms with van der Waals surface area (Å²) in [6, 6.07) is 6.06. The predicted octanol–water partition coefficient (Wildman–Crippen LogP) is 4.03. The molecule has 1 atom stereocenters. The molecule has 4 heteroatoms. The van der Waals surface area contributed by atoms with Gasteiger partial charge in [-0.15, -0.1) is 0 Å². The van der Waals surface area contributed by atoms with Crippen molar-refractivity contribution < 1.29 is 9.53 Å². The molecule has 1 aliphatic carbocycles. The summed E-state index contributed by atoms with van der Waals surface area (Å²) in [6.07, 6.45) is 8.86. The van der Waals surface area contributed by atoms with Gasteiger partial charge in [-0.3, -0.25) is 4.79 Å². The van der Waals surface area contributed by atoms with E-state index in [-0.39, 0.29) is 11.9 Å². The van der Waals surface area contributed by atoms with Gasteiger partial charge in [-0.25, -0.2) is 0 Å². The maximum atomic E-state index is 12.5. The number of hydrogen-bond acceptors (Lipinski definition) is 3. The number of rotatable bonds is 5. The highest BCUT2D eigenvalue weighted by Gasteiger charge is 2.19. The minimum absolute atomic E-state index is 0.00374. The fourth-order valence-corrected chi connectivity index (χ4v) is 3.21. The van der Waals surface area contributed by atoms with Crippen molar-refractivity contribution in [3.05, 3.63) is 23.8 Å². The summed E-state index contributed by atoms with van der Waals surface area (Å²) < 4.78 is 5.33. The van der Waals surface area contributed by atoms with Crippen LogP contribution in [-0.2, 0) is 4.79 Å². The first-order chi connectivity index (χ1) is 11.1. The van der Waals surface area contributed by atoms with Crippen molar-refractivity contribution >= 4 is 11.6 Å². The van der Waals surface area contributed by atoms with Gasteiger partial charge in [-0.1, -0.05) is 38.2 Å². The molecule has 1 fully saturated rings. The lowest BCUT2D eigenvalue weighted by atomic mass is 9.96. The summed E-state index contributed by atoms with van der Waals surface area (Å²) in [5.41, 5.74) is 1.84. The molecule has 1 aromatic rings. The third-order valence-electron chi connectivity index (χ3n) is 4.60. The Morgan fingerprint density at radius 1 is 1.17 bits per heavy atom. The lowest BCUT2D eigenvalue weighted by Crippen LogP contribution is -2.44. The number of nitrogens with one attached hydrogen (secondary N) is 2. The van der Waals surface area contributed by atoms with Gasteiger partial charge in [-0.05, 0) is 44.4 Å². The smallest absolute Gasteiger partial charge is 0.241 e. The van der Waals surface area contributed by atoms with E-state index in [1.807, 2.05) is 32.0 Å². The van der Waals surface area contributed by atoms with Crippen molar-refractivity contribution in [1.29, 1.82) is 0 Å². The molecule has 0 spiro atoms. The Hall–Kier alpha value is -1.55. The number of amides is 1. The summed E-state index contributed by atoms with van der Waals surface area (Å²) >= 11 is 0. The standard InChI is InChI=1S/C19H30N2O2/c1-14-11-12-18(23-3)17(13-14)21-19(22)15(2)20-16-9-7-5-4-6-8-10-16/h11-13,15-16,20H,4-10H2,1-3H3,(H,21,22)/t15-/m1/s1. The highest BCUT2D eigenvalue weighted by Crippen LogP contribution is 2.25. The van der Waals surface area contributed by atoms with E-state index in [1.54, 1.807) is 7.11 Å². The average Bonchev–Trinajstić information content (AvgIpc) is 2.50. The number of carbonyl (C=O) groups is 1. The highest BCUT2D eigenvalue weighted by molar-refractivity contribution is 5.95. The Balaban J connectivity index is 1.92. The van der Waals surface area contributed by atoms with Gasteiger partial charge in [0.15, 0.2) is 0 Å². The van der Waals surface area contributed by atoms with Gasteiger partial charge in [0.1, 0.15) is 5.75 Å². The summed E-state index contributed by atoms with van der Waals surface area (Å²) in [7, 11) is 1.62. The second kappa shape index (κ2) is 8.92. The Kier molecular flexibility index (Phi) is 6.90. The Bertz CT molecular complexity index is 508. The molecule has 4 nitrogen and oxygen atoms in total. The monoisotopic (exact) mass is 318 g/mol. The lowest BCUT2D eigenvalue weighted by Gasteiger charge is -2.25. The van der Waals surface area contributed by atoms with Crippen LogP contribution in [0.3, 0.4) is 0 Å². The zero-order chi connectivity index (χ0) is 16.7. The average molecular weight is 318 g/mol. The molecule has 0 aromatic heterocycles. The van der Waals surface area contributed by atoms with E-state index >= 15 is 0 Å². The van der Waals surface area contributed by atoms with E-state index < -0.39 is 0 Å². The summed E-state index contributed by atoms with van der Waals surface area (Å²) in [4.78, 5) is 12.5. The molecular weight excluding hydrogens is 288 g/mol. The van der Waals surface area contributed by atoms with E-state index in [9.17, 15) is 4.79 Å². The lowest BCUT2D eigenvalue weighted by molar-refractivity contribution is -0.118. The number of aryl methyl sites for hydroxylation is 1.